The third kappa shape index (κ3) is 4.31. The van der Waals surface area contributed by atoms with Crippen molar-refractivity contribution in [3.05, 3.63) is 59.2 Å². The normalized spacial score (nSPS) is 12.4. The molecule has 0 spiro atoms. The molecule has 1 atom stereocenters. The van der Waals surface area contributed by atoms with Gasteiger partial charge in [-0.25, -0.2) is 13.2 Å². The van der Waals surface area contributed by atoms with Gasteiger partial charge in [-0.15, -0.1) is 0 Å². The molecule has 0 aliphatic heterocycles. The van der Waals surface area contributed by atoms with Crippen molar-refractivity contribution < 1.29 is 27.5 Å². The number of nitrogens with zero attached hydrogens (tertiary/aromatic N) is 2. The van der Waals surface area contributed by atoms with Crippen LogP contribution in [0.4, 0.5) is 5.69 Å². The molecule has 0 aliphatic carbocycles. The predicted octanol–water partition coefficient (Wildman–Crippen LogP) is 3.97. The van der Waals surface area contributed by atoms with Gasteiger partial charge in [0.25, 0.3) is 5.91 Å². The van der Waals surface area contributed by atoms with Crippen LogP contribution in [0.5, 0.6) is 5.75 Å². The van der Waals surface area contributed by atoms with Crippen LogP contribution in [-0.2, 0) is 14.8 Å². The Kier molecular flexibility index (Phi) is 6.80. The van der Waals surface area contributed by atoms with Crippen LogP contribution < -0.4 is 9.04 Å². The molecule has 0 N–H and O–H groups in total. The number of hydrogen-bond acceptors (Lipinski definition) is 6. The highest BCUT2D eigenvalue weighted by Gasteiger charge is 2.34. The van der Waals surface area contributed by atoms with E-state index in [0.717, 1.165) is 10.6 Å². The highest BCUT2D eigenvalue weighted by atomic mass is 35.5. The van der Waals surface area contributed by atoms with Gasteiger partial charge in [-0.1, -0.05) is 36.7 Å². The van der Waals surface area contributed by atoms with Crippen molar-refractivity contribution in [3.8, 4) is 5.75 Å². The van der Waals surface area contributed by atoms with Crippen molar-refractivity contribution in [2.75, 3.05) is 24.8 Å². The number of aromatic nitrogens is 1. The summed E-state index contributed by atoms with van der Waals surface area (Å²) in [6, 6.07) is 10.3. The second-order valence-corrected chi connectivity index (χ2v) is 9.33. The molecule has 2 aromatic carbocycles. The number of hydrogen-bond donors (Lipinski definition) is 0. The summed E-state index contributed by atoms with van der Waals surface area (Å²) in [6.07, 6.45) is 2.58. The monoisotopic (exact) mass is 478 g/mol. The lowest BCUT2D eigenvalue weighted by atomic mass is 10.1. The molecule has 170 valence electrons. The number of fused-ring (bicyclic) bond motifs is 1. The van der Waals surface area contributed by atoms with Crippen LogP contribution in [0.2, 0.25) is 5.02 Å². The zero-order valence-electron chi connectivity index (χ0n) is 18.0. The van der Waals surface area contributed by atoms with E-state index in [1.54, 1.807) is 31.2 Å². The first-order valence-corrected chi connectivity index (χ1v) is 11.9. The molecule has 0 saturated heterocycles. The quantitative estimate of drug-likeness (QED) is 0.477. The lowest BCUT2D eigenvalue weighted by molar-refractivity contribution is 0.0603. The van der Waals surface area contributed by atoms with E-state index >= 15 is 0 Å². The fourth-order valence-electron chi connectivity index (χ4n) is 3.63. The zero-order chi connectivity index (χ0) is 23.6. The van der Waals surface area contributed by atoms with E-state index in [1.807, 2.05) is 0 Å². The molecule has 3 aromatic rings. The van der Waals surface area contributed by atoms with E-state index in [9.17, 15) is 18.0 Å². The molecule has 0 amide bonds. The van der Waals surface area contributed by atoms with E-state index in [1.165, 1.54) is 43.2 Å². The minimum Gasteiger partial charge on any atom is -0.495 e. The van der Waals surface area contributed by atoms with Crippen LogP contribution >= 0.6 is 11.6 Å². The molecular formula is C22H23ClN2O6S. The highest BCUT2D eigenvalue weighted by Crippen LogP contribution is 2.32. The summed E-state index contributed by atoms with van der Waals surface area (Å²) in [7, 11) is -1.18. The van der Waals surface area contributed by atoms with Crippen molar-refractivity contribution in [3.63, 3.8) is 0 Å². The van der Waals surface area contributed by atoms with Crippen LogP contribution in [0.3, 0.4) is 0 Å². The maximum atomic E-state index is 13.6. The summed E-state index contributed by atoms with van der Waals surface area (Å²) < 4.78 is 37.8. The Labute approximate surface area is 191 Å². The summed E-state index contributed by atoms with van der Waals surface area (Å²) in [5.74, 6) is -0.735. The number of carbonyl (C=O) groups excluding carboxylic acids is 2. The van der Waals surface area contributed by atoms with Crippen LogP contribution in [0.1, 0.15) is 28.5 Å². The fraction of sp³-hybridized carbons (Fsp3) is 0.273. The van der Waals surface area contributed by atoms with Gasteiger partial charge in [0.15, 0.2) is 0 Å². The minimum absolute atomic E-state index is 0.176. The number of ether oxygens (including phenoxy) is 2. The van der Waals surface area contributed by atoms with Crippen LogP contribution in [0.15, 0.2) is 48.7 Å². The third-order valence-corrected chi connectivity index (χ3v) is 6.53. The lowest BCUT2D eigenvalue weighted by Crippen LogP contribution is -2.46. The lowest BCUT2D eigenvalue weighted by Gasteiger charge is -2.30. The molecule has 0 bridgehead atoms. The van der Waals surface area contributed by atoms with E-state index in [0.29, 0.717) is 16.7 Å². The first-order valence-electron chi connectivity index (χ1n) is 9.69. The van der Waals surface area contributed by atoms with Crippen molar-refractivity contribution in [2.24, 2.45) is 0 Å². The Morgan fingerprint density at radius 3 is 2.41 bits per heavy atom. The number of para-hydroxylation sites is 1. The van der Waals surface area contributed by atoms with Gasteiger partial charge in [-0.3, -0.25) is 13.7 Å². The smallest absolute Gasteiger partial charge is 0.340 e. The molecular weight excluding hydrogens is 456 g/mol. The number of halogens is 1. The van der Waals surface area contributed by atoms with Gasteiger partial charge in [0.1, 0.15) is 11.8 Å². The Bertz CT molecular complexity index is 1280. The molecule has 0 aliphatic rings. The number of methoxy groups -OCH3 is 2. The number of esters is 1. The SMILES string of the molecule is CCC(C(=O)n1cc(C(=O)OC)c2ccccc21)N(c1ccc(OC)c(Cl)c1)S(C)(=O)=O. The summed E-state index contributed by atoms with van der Waals surface area (Å²) in [4.78, 5) is 25.9. The standard InChI is InChI=1S/C22H23ClN2O6S/c1-5-18(25(32(4,28)29)14-10-11-20(30-2)17(23)12-14)21(26)24-13-16(22(27)31-3)15-8-6-7-9-19(15)24/h6-13,18H,5H2,1-4H3. The largest absolute Gasteiger partial charge is 0.495 e. The van der Waals surface area contributed by atoms with E-state index in [2.05, 4.69) is 0 Å². The molecule has 32 heavy (non-hydrogen) atoms. The Hall–Kier alpha value is -3.04. The number of benzene rings is 2. The molecule has 0 radical (unpaired) electrons. The average molecular weight is 479 g/mol. The highest BCUT2D eigenvalue weighted by molar-refractivity contribution is 7.92. The van der Waals surface area contributed by atoms with Crippen molar-refractivity contribution in [1.29, 1.82) is 0 Å². The number of carbonyl (C=O) groups is 2. The molecule has 1 unspecified atom stereocenters. The van der Waals surface area contributed by atoms with E-state index in [-0.39, 0.29) is 22.7 Å². The van der Waals surface area contributed by atoms with Gasteiger partial charge in [0.05, 0.1) is 42.3 Å². The Morgan fingerprint density at radius 1 is 1.16 bits per heavy atom. The molecule has 0 fully saturated rings. The van der Waals surface area contributed by atoms with E-state index < -0.39 is 27.9 Å². The zero-order valence-corrected chi connectivity index (χ0v) is 19.6. The molecule has 3 rings (SSSR count). The summed E-state index contributed by atoms with van der Waals surface area (Å²) >= 11 is 6.21. The number of sulfonamides is 1. The van der Waals surface area contributed by atoms with Gasteiger partial charge >= 0.3 is 5.97 Å². The Morgan fingerprint density at radius 2 is 1.84 bits per heavy atom. The van der Waals surface area contributed by atoms with Gasteiger partial charge < -0.3 is 9.47 Å². The fourth-order valence-corrected chi connectivity index (χ4v) is 5.08. The van der Waals surface area contributed by atoms with Crippen LogP contribution in [-0.4, -0.2) is 51.4 Å². The summed E-state index contributed by atoms with van der Waals surface area (Å²) in [5.41, 5.74) is 0.908. The van der Waals surface area contributed by atoms with Crippen molar-refractivity contribution in [2.45, 2.75) is 19.4 Å². The Balaban J connectivity index is 2.16. The molecule has 10 heteroatoms. The molecule has 1 aromatic heterocycles. The molecule has 1 heterocycles. The maximum absolute atomic E-state index is 13.6. The first kappa shape index (κ1) is 23.6. The second kappa shape index (κ2) is 9.22. The van der Waals surface area contributed by atoms with Crippen molar-refractivity contribution >= 4 is 50.1 Å². The van der Waals surface area contributed by atoms with Gasteiger partial charge in [0, 0.05) is 11.6 Å². The summed E-state index contributed by atoms with van der Waals surface area (Å²) in [5, 5.41) is 0.737. The first-order chi connectivity index (χ1) is 15.1. The predicted molar refractivity (Wildman–Crippen MR) is 123 cm³/mol. The number of rotatable bonds is 7. The maximum Gasteiger partial charge on any atom is 0.340 e. The van der Waals surface area contributed by atoms with Gasteiger partial charge in [-0.05, 0) is 30.7 Å². The summed E-state index contributed by atoms with van der Waals surface area (Å²) in [6.45, 7) is 1.71. The van der Waals surface area contributed by atoms with Crippen LogP contribution in [0, 0.1) is 0 Å². The average Bonchev–Trinajstić information content (AvgIpc) is 3.15. The van der Waals surface area contributed by atoms with Crippen molar-refractivity contribution in [1.82, 2.24) is 4.57 Å². The number of anilines is 1. The van der Waals surface area contributed by atoms with E-state index in [4.69, 9.17) is 21.1 Å². The van der Waals surface area contributed by atoms with Gasteiger partial charge in [-0.2, -0.15) is 0 Å². The third-order valence-electron chi connectivity index (χ3n) is 5.06. The van der Waals surface area contributed by atoms with Gasteiger partial charge in [0.2, 0.25) is 10.0 Å². The molecule has 0 saturated carbocycles. The minimum atomic E-state index is -3.88. The topological polar surface area (TPSA) is 94.9 Å². The van der Waals surface area contributed by atoms with Crippen LogP contribution in [0.25, 0.3) is 10.9 Å². The molecule has 8 nitrogen and oxygen atoms in total. The second-order valence-electron chi connectivity index (χ2n) is 7.06.